The lowest BCUT2D eigenvalue weighted by Gasteiger charge is -2.30. The van der Waals surface area contributed by atoms with E-state index in [4.69, 9.17) is 5.73 Å². The number of nitrogens with one attached hydrogen (secondary N) is 1. The maximum absolute atomic E-state index is 12.1. The highest BCUT2D eigenvalue weighted by Crippen LogP contribution is 2.16. The molecular formula is C18H29N3O2. The number of benzene rings is 1. The van der Waals surface area contributed by atoms with E-state index in [1.807, 2.05) is 26.0 Å². The van der Waals surface area contributed by atoms with E-state index < -0.39 is 0 Å². The number of carbonyl (C=O) groups excluding carboxylic acids is 1. The molecule has 2 unspecified atom stereocenters. The normalized spacial score (nSPS) is 19.3. The zero-order valence-electron chi connectivity index (χ0n) is 14.2. The van der Waals surface area contributed by atoms with Crippen molar-refractivity contribution in [2.75, 3.05) is 13.1 Å². The average molecular weight is 319 g/mol. The summed E-state index contributed by atoms with van der Waals surface area (Å²) in [6.07, 6.45) is 1.52. The number of hydrogen-bond acceptors (Lipinski definition) is 4. The standard InChI is InChI=1S/C18H29N3O2/c1-13(14(2)19)18(23)20-11-15-5-3-4-6-16(15)12-21-9-7-17(22)8-10-21/h3-6,13-14,17,22H,7-12,19H2,1-2H3,(H,20,23). The Labute approximate surface area is 138 Å². The van der Waals surface area contributed by atoms with Gasteiger partial charge in [0.05, 0.1) is 6.10 Å². The summed E-state index contributed by atoms with van der Waals surface area (Å²) < 4.78 is 0. The maximum Gasteiger partial charge on any atom is 0.224 e. The van der Waals surface area contributed by atoms with Crippen LogP contribution in [0.15, 0.2) is 24.3 Å². The second kappa shape index (κ2) is 8.43. The summed E-state index contributed by atoms with van der Waals surface area (Å²) in [5.74, 6) is -0.193. The van der Waals surface area contributed by atoms with Crippen molar-refractivity contribution in [2.45, 2.75) is 51.9 Å². The quantitative estimate of drug-likeness (QED) is 0.737. The first-order valence-electron chi connectivity index (χ1n) is 8.48. The van der Waals surface area contributed by atoms with Crippen LogP contribution in [0.1, 0.15) is 37.8 Å². The van der Waals surface area contributed by atoms with E-state index in [-0.39, 0.29) is 24.0 Å². The zero-order valence-corrected chi connectivity index (χ0v) is 14.2. The van der Waals surface area contributed by atoms with Crippen molar-refractivity contribution >= 4 is 5.91 Å². The Kier molecular flexibility index (Phi) is 6.57. The average Bonchev–Trinajstić information content (AvgIpc) is 2.55. The fraction of sp³-hybridized carbons (Fsp3) is 0.611. The van der Waals surface area contributed by atoms with Gasteiger partial charge in [0.1, 0.15) is 0 Å². The molecule has 1 aromatic rings. The molecule has 1 amide bonds. The van der Waals surface area contributed by atoms with Crippen LogP contribution in [0.5, 0.6) is 0 Å². The van der Waals surface area contributed by atoms with Crippen molar-refractivity contribution in [3.63, 3.8) is 0 Å². The first kappa shape index (κ1) is 17.9. The van der Waals surface area contributed by atoms with Gasteiger partial charge >= 0.3 is 0 Å². The third-order valence-corrected chi connectivity index (χ3v) is 4.72. The second-order valence-corrected chi connectivity index (χ2v) is 6.64. The molecule has 0 saturated carbocycles. The van der Waals surface area contributed by atoms with Crippen LogP contribution in [0.3, 0.4) is 0 Å². The monoisotopic (exact) mass is 319 g/mol. The molecule has 2 atom stereocenters. The van der Waals surface area contributed by atoms with E-state index >= 15 is 0 Å². The number of amides is 1. The lowest BCUT2D eigenvalue weighted by Crippen LogP contribution is -2.38. The Balaban J connectivity index is 1.93. The summed E-state index contributed by atoms with van der Waals surface area (Å²) in [5.41, 5.74) is 8.16. The van der Waals surface area contributed by atoms with E-state index in [1.54, 1.807) is 0 Å². The van der Waals surface area contributed by atoms with E-state index in [2.05, 4.69) is 22.3 Å². The van der Waals surface area contributed by atoms with Gasteiger partial charge in [-0.3, -0.25) is 9.69 Å². The molecule has 1 saturated heterocycles. The molecule has 0 aliphatic carbocycles. The van der Waals surface area contributed by atoms with Crippen LogP contribution in [0, 0.1) is 5.92 Å². The minimum absolute atomic E-state index is 0.00380. The molecule has 2 rings (SSSR count). The number of rotatable bonds is 6. The van der Waals surface area contributed by atoms with Crippen molar-refractivity contribution in [2.24, 2.45) is 11.7 Å². The van der Waals surface area contributed by atoms with Crippen LogP contribution >= 0.6 is 0 Å². The fourth-order valence-corrected chi connectivity index (χ4v) is 2.78. The van der Waals surface area contributed by atoms with E-state index in [1.165, 1.54) is 5.56 Å². The third-order valence-electron chi connectivity index (χ3n) is 4.72. The number of hydrogen-bond donors (Lipinski definition) is 3. The predicted molar refractivity (Wildman–Crippen MR) is 91.6 cm³/mol. The number of nitrogens with zero attached hydrogens (tertiary/aromatic N) is 1. The summed E-state index contributed by atoms with van der Waals surface area (Å²) >= 11 is 0. The summed E-state index contributed by atoms with van der Waals surface area (Å²) in [7, 11) is 0. The van der Waals surface area contributed by atoms with Gasteiger partial charge in [0.25, 0.3) is 0 Å². The highest BCUT2D eigenvalue weighted by molar-refractivity contribution is 5.78. The Bertz CT molecular complexity index is 511. The molecule has 1 heterocycles. The Morgan fingerprint density at radius 2 is 1.91 bits per heavy atom. The minimum Gasteiger partial charge on any atom is -0.393 e. The summed E-state index contributed by atoms with van der Waals surface area (Å²) in [6.45, 7) is 6.94. The maximum atomic E-state index is 12.1. The molecule has 0 bridgehead atoms. The van der Waals surface area contributed by atoms with Gasteiger partial charge in [-0.25, -0.2) is 0 Å². The lowest BCUT2D eigenvalue weighted by atomic mass is 10.0. The van der Waals surface area contributed by atoms with Gasteiger partial charge in [-0.05, 0) is 30.9 Å². The minimum atomic E-state index is -0.189. The number of carbonyl (C=O) groups is 1. The molecule has 1 aliphatic heterocycles. The van der Waals surface area contributed by atoms with Crippen molar-refractivity contribution in [3.8, 4) is 0 Å². The molecule has 5 heteroatoms. The first-order valence-corrected chi connectivity index (χ1v) is 8.48. The molecule has 1 aromatic carbocycles. The van der Waals surface area contributed by atoms with Crippen molar-refractivity contribution < 1.29 is 9.90 Å². The Morgan fingerprint density at radius 1 is 1.30 bits per heavy atom. The van der Waals surface area contributed by atoms with E-state index in [0.717, 1.165) is 38.0 Å². The highest BCUT2D eigenvalue weighted by Gasteiger charge is 2.19. The van der Waals surface area contributed by atoms with Gasteiger partial charge < -0.3 is 16.2 Å². The number of nitrogens with two attached hydrogens (primary N) is 1. The van der Waals surface area contributed by atoms with Crippen molar-refractivity contribution in [3.05, 3.63) is 35.4 Å². The predicted octanol–water partition coefficient (Wildman–Crippen LogP) is 1.24. The van der Waals surface area contributed by atoms with Crippen molar-refractivity contribution in [1.29, 1.82) is 0 Å². The van der Waals surface area contributed by atoms with Gasteiger partial charge in [-0.2, -0.15) is 0 Å². The molecule has 23 heavy (non-hydrogen) atoms. The molecule has 0 spiro atoms. The van der Waals surface area contributed by atoms with Crippen LogP contribution < -0.4 is 11.1 Å². The van der Waals surface area contributed by atoms with Gasteiger partial charge in [0, 0.05) is 38.1 Å². The van der Waals surface area contributed by atoms with Crippen LogP contribution in [0.25, 0.3) is 0 Å². The van der Waals surface area contributed by atoms with Crippen LogP contribution in [0.2, 0.25) is 0 Å². The molecule has 0 aromatic heterocycles. The van der Waals surface area contributed by atoms with Gasteiger partial charge in [0.15, 0.2) is 0 Å². The number of aliphatic hydroxyl groups excluding tert-OH is 1. The zero-order chi connectivity index (χ0) is 16.8. The molecule has 1 fully saturated rings. The number of aliphatic hydroxyl groups is 1. The van der Waals surface area contributed by atoms with Crippen LogP contribution in [0.4, 0.5) is 0 Å². The molecular weight excluding hydrogens is 290 g/mol. The first-order chi connectivity index (χ1) is 11.0. The smallest absolute Gasteiger partial charge is 0.224 e. The number of piperidine rings is 1. The van der Waals surface area contributed by atoms with Gasteiger partial charge in [-0.15, -0.1) is 0 Å². The van der Waals surface area contributed by atoms with Gasteiger partial charge in [0.2, 0.25) is 5.91 Å². The molecule has 4 N–H and O–H groups in total. The van der Waals surface area contributed by atoms with Crippen LogP contribution in [-0.4, -0.2) is 41.1 Å². The van der Waals surface area contributed by atoms with E-state index in [9.17, 15) is 9.90 Å². The third kappa shape index (κ3) is 5.30. The summed E-state index contributed by atoms with van der Waals surface area (Å²) in [4.78, 5) is 14.4. The largest absolute Gasteiger partial charge is 0.393 e. The topological polar surface area (TPSA) is 78.6 Å². The van der Waals surface area contributed by atoms with E-state index in [0.29, 0.717) is 6.54 Å². The van der Waals surface area contributed by atoms with Crippen molar-refractivity contribution in [1.82, 2.24) is 10.2 Å². The highest BCUT2D eigenvalue weighted by atomic mass is 16.3. The molecule has 5 nitrogen and oxygen atoms in total. The molecule has 1 aliphatic rings. The Morgan fingerprint density at radius 3 is 2.52 bits per heavy atom. The Hall–Kier alpha value is -1.43. The molecule has 0 radical (unpaired) electrons. The van der Waals surface area contributed by atoms with Gasteiger partial charge in [-0.1, -0.05) is 31.2 Å². The lowest BCUT2D eigenvalue weighted by molar-refractivity contribution is -0.125. The SMILES string of the molecule is CC(N)C(C)C(=O)NCc1ccccc1CN1CCC(O)CC1. The fourth-order valence-electron chi connectivity index (χ4n) is 2.78. The second-order valence-electron chi connectivity index (χ2n) is 6.64. The van der Waals surface area contributed by atoms with Crippen LogP contribution in [-0.2, 0) is 17.9 Å². The summed E-state index contributed by atoms with van der Waals surface area (Å²) in [6, 6.07) is 8.06. The summed E-state index contributed by atoms with van der Waals surface area (Å²) in [5, 5.41) is 12.6. The molecule has 128 valence electrons. The number of likely N-dealkylation sites (tertiary alicyclic amines) is 1.